The van der Waals surface area contributed by atoms with Gasteiger partial charge < -0.3 is 19.2 Å². The maximum Gasteiger partial charge on any atom is 0.330 e. The fourth-order valence-corrected chi connectivity index (χ4v) is 4.66. The molecule has 5 aromatic rings. The number of imidazole rings is 1. The molecular formula is C33H26F2N2O5. The third kappa shape index (κ3) is 5.57. The van der Waals surface area contributed by atoms with Gasteiger partial charge in [0.05, 0.1) is 32.7 Å². The zero-order valence-corrected chi connectivity index (χ0v) is 23.0. The number of methoxy groups -OCH3 is 3. The molecule has 0 aliphatic carbocycles. The molecule has 1 heterocycles. The predicted octanol–water partition coefficient (Wildman–Crippen LogP) is 6.70. The van der Waals surface area contributed by atoms with Gasteiger partial charge in [-0.25, -0.2) is 13.6 Å². The van der Waals surface area contributed by atoms with E-state index < -0.39 is 11.5 Å². The second-order valence-corrected chi connectivity index (χ2v) is 9.21. The molecule has 7 nitrogen and oxygen atoms in total. The first-order chi connectivity index (χ1) is 20.3. The van der Waals surface area contributed by atoms with Crippen LogP contribution in [0.25, 0.3) is 34.1 Å². The summed E-state index contributed by atoms with van der Waals surface area (Å²) in [5.74, 6) is 0.0510. The van der Waals surface area contributed by atoms with Crippen molar-refractivity contribution in [2.24, 2.45) is 0 Å². The molecule has 0 saturated carbocycles. The van der Waals surface area contributed by atoms with Crippen LogP contribution < -0.4 is 19.9 Å². The fourth-order valence-electron chi connectivity index (χ4n) is 4.66. The topological polar surface area (TPSA) is 82.6 Å². The van der Waals surface area contributed by atoms with Crippen LogP contribution in [0.3, 0.4) is 0 Å². The van der Waals surface area contributed by atoms with Gasteiger partial charge in [-0.3, -0.25) is 9.36 Å². The number of nitrogens with zero attached hydrogens (tertiary/aromatic N) is 1. The van der Waals surface area contributed by atoms with Gasteiger partial charge in [0.2, 0.25) is 5.75 Å². The molecule has 0 aliphatic rings. The lowest BCUT2D eigenvalue weighted by Gasteiger charge is -2.16. The van der Waals surface area contributed by atoms with E-state index in [-0.39, 0.29) is 17.2 Å². The van der Waals surface area contributed by atoms with E-state index in [1.807, 2.05) is 0 Å². The van der Waals surface area contributed by atoms with Crippen LogP contribution in [-0.2, 0) is 0 Å². The summed E-state index contributed by atoms with van der Waals surface area (Å²) < 4.78 is 44.8. The van der Waals surface area contributed by atoms with E-state index >= 15 is 0 Å². The molecule has 212 valence electrons. The molecule has 0 atom stereocenters. The van der Waals surface area contributed by atoms with Crippen molar-refractivity contribution in [3.05, 3.63) is 124 Å². The summed E-state index contributed by atoms with van der Waals surface area (Å²) in [6.07, 6.45) is 4.50. The van der Waals surface area contributed by atoms with Crippen LogP contribution in [-0.4, -0.2) is 36.7 Å². The summed E-state index contributed by atoms with van der Waals surface area (Å²) in [5, 5.41) is 0. The van der Waals surface area contributed by atoms with Gasteiger partial charge in [0.15, 0.2) is 17.3 Å². The van der Waals surface area contributed by atoms with Crippen molar-refractivity contribution < 1.29 is 27.8 Å². The number of aromatic amines is 1. The second-order valence-electron chi connectivity index (χ2n) is 9.21. The van der Waals surface area contributed by atoms with Gasteiger partial charge in [-0.05, 0) is 71.3 Å². The average molecular weight is 569 g/mol. The highest BCUT2D eigenvalue weighted by molar-refractivity contribution is 6.11. The smallest absolute Gasteiger partial charge is 0.330 e. The highest BCUT2D eigenvalue weighted by Crippen LogP contribution is 2.41. The minimum atomic E-state index is -0.437. The normalized spacial score (nSPS) is 11.1. The van der Waals surface area contributed by atoms with Crippen molar-refractivity contribution in [3.63, 3.8) is 0 Å². The Bertz CT molecular complexity index is 1810. The molecule has 42 heavy (non-hydrogen) atoms. The van der Waals surface area contributed by atoms with Crippen molar-refractivity contribution in [2.75, 3.05) is 21.3 Å². The number of carbonyl (C=O) groups excluding carboxylic acids is 1. The summed E-state index contributed by atoms with van der Waals surface area (Å²) in [4.78, 5) is 29.4. The highest BCUT2D eigenvalue weighted by Gasteiger charge is 2.20. The number of halogens is 2. The molecule has 4 aromatic carbocycles. The molecule has 5 rings (SSSR count). The first-order valence-corrected chi connectivity index (χ1v) is 12.8. The van der Waals surface area contributed by atoms with Crippen LogP contribution in [0.1, 0.15) is 15.9 Å². The summed E-state index contributed by atoms with van der Waals surface area (Å²) >= 11 is 0. The van der Waals surface area contributed by atoms with Crippen molar-refractivity contribution in [1.29, 1.82) is 0 Å². The van der Waals surface area contributed by atoms with Gasteiger partial charge in [-0.2, -0.15) is 0 Å². The molecule has 0 bridgehead atoms. The number of hydrogen-bond donors (Lipinski definition) is 1. The van der Waals surface area contributed by atoms with E-state index in [9.17, 15) is 18.4 Å². The number of allylic oxidation sites excluding steroid dienone is 1. The largest absolute Gasteiger partial charge is 0.493 e. The van der Waals surface area contributed by atoms with Crippen molar-refractivity contribution in [2.45, 2.75) is 0 Å². The first kappa shape index (κ1) is 28.1. The van der Waals surface area contributed by atoms with Gasteiger partial charge in [0, 0.05) is 17.3 Å². The Hall–Kier alpha value is -5.44. The summed E-state index contributed by atoms with van der Waals surface area (Å²) in [7, 11) is 4.49. The van der Waals surface area contributed by atoms with Gasteiger partial charge >= 0.3 is 5.69 Å². The van der Waals surface area contributed by atoms with E-state index in [1.165, 1.54) is 56.2 Å². The Balaban J connectivity index is 1.65. The van der Waals surface area contributed by atoms with Crippen LogP contribution >= 0.6 is 0 Å². The number of nitrogens with one attached hydrogen (secondary N) is 1. The fraction of sp³-hybridized carbons (Fsp3) is 0.0909. The quantitative estimate of drug-likeness (QED) is 0.158. The number of hydrogen-bond acceptors (Lipinski definition) is 5. The monoisotopic (exact) mass is 568 g/mol. The number of aromatic nitrogens is 2. The maximum atomic E-state index is 13.7. The molecule has 0 aliphatic heterocycles. The molecule has 0 spiro atoms. The molecule has 0 unspecified atom stereocenters. The van der Waals surface area contributed by atoms with E-state index in [0.29, 0.717) is 50.9 Å². The minimum absolute atomic E-state index is 0.279. The van der Waals surface area contributed by atoms with Crippen LogP contribution in [0.4, 0.5) is 8.78 Å². The number of carbonyl (C=O) groups is 1. The number of ether oxygens (including phenoxy) is 3. The maximum absolute atomic E-state index is 13.7. The molecule has 9 heteroatoms. The third-order valence-electron chi connectivity index (χ3n) is 6.72. The second kappa shape index (κ2) is 12.0. The van der Waals surface area contributed by atoms with Gasteiger partial charge in [-0.1, -0.05) is 36.4 Å². The van der Waals surface area contributed by atoms with E-state index in [0.717, 1.165) is 0 Å². The minimum Gasteiger partial charge on any atom is -0.493 e. The predicted molar refractivity (Wildman–Crippen MR) is 157 cm³/mol. The molecule has 0 amide bonds. The zero-order chi connectivity index (χ0) is 29.8. The van der Waals surface area contributed by atoms with E-state index in [4.69, 9.17) is 14.2 Å². The number of rotatable bonds is 9. The first-order valence-electron chi connectivity index (χ1n) is 12.8. The molecular weight excluding hydrogens is 542 g/mol. The van der Waals surface area contributed by atoms with Crippen LogP contribution in [0.15, 0.2) is 95.9 Å². The molecule has 0 radical (unpaired) electrons. The molecule has 1 N–H and O–H groups in total. The number of benzene rings is 4. The third-order valence-corrected chi connectivity index (χ3v) is 6.72. The van der Waals surface area contributed by atoms with Gasteiger partial charge in [0.25, 0.3) is 0 Å². The van der Waals surface area contributed by atoms with Crippen LogP contribution in [0, 0.1) is 11.6 Å². The Morgan fingerprint density at radius 1 is 0.786 bits per heavy atom. The Morgan fingerprint density at radius 3 is 2.00 bits per heavy atom. The van der Waals surface area contributed by atoms with Crippen molar-refractivity contribution >= 4 is 11.9 Å². The van der Waals surface area contributed by atoms with Crippen molar-refractivity contribution in [1.82, 2.24) is 9.55 Å². The van der Waals surface area contributed by atoms with E-state index in [1.54, 1.807) is 66.9 Å². The lowest BCUT2D eigenvalue weighted by Crippen LogP contribution is -2.16. The number of ketones is 1. The van der Waals surface area contributed by atoms with Crippen LogP contribution in [0.5, 0.6) is 17.2 Å². The van der Waals surface area contributed by atoms with E-state index in [2.05, 4.69) is 4.98 Å². The van der Waals surface area contributed by atoms with Gasteiger partial charge in [0.1, 0.15) is 11.6 Å². The van der Waals surface area contributed by atoms with Crippen molar-refractivity contribution in [3.8, 4) is 45.3 Å². The average Bonchev–Trinajstić information content (AvgIpc) is 3.41. The SMILES string of the molecule is COc1cc(-c2c[nH]c(=O)n2-c2ccc(-c3ccc(F)cc3)c(C(=O)/C=C/c3ccc(F)cc3)c2)cc(OC)c1OC. The summed E-state index contributed by atoms with van der Waals surface area (Å²) in [5.41, 5.74) is 3.13. The highest BCUT2D eigenvalue weighted by atomic mass is 19.1. The molecule has 0 saturated heterocycles. The lowest BCUT2D eigenvalue weighted by molar-refractivity contribution is 0.104. The molecule has 1 aromatic heterocycles. The number of H-pyrrole nitrogens is 1. The standard InChI is InChI=1S/C33H26F2N2O5/c1-40-30-16-22(17-31(41-2)32(30)42-3)28-19-36-33(39)37(28)25-13-14-26(21-7-11-24(35)12-8-21)27(18-25)29(38)15-6-20-4-9-23(34)10-5-20/h4-19H,1-3H3,(H,36,39)/b15-6+. The van der Waals surface area contributed by atoms with Gasteiger partial charge in [-0.15, -0.1) is 0 Å². The Kier molecular flexibility index (Phi) is 8.01. The lowest BCUT2D eigenvalue weighted by atomic mass is 9.95. The summed E-state index contributed by atoms with van der Waals surface area (Å²) in [6.45, 7) is 0. The van der Waals surface area contributed by atoms with Crippen LogP contribution in [0.2, 0.25) is 0 Å². The summed E-state index contributed by atoms with van der Waals surface area (Å²) in [6, 6.07) is 19.9. The Morgan fingerprint density at radius 2 is 1.40 bits per heavy atom. The zero-order valence-electron chi connectivity index (χ0n) is 23.0. The molecule has 0 fully saturated rings. The Labute approximate surface area is 240 Å².